The molecule has 0 saturated carbocycles. The zero-order valence-corrected chi connectivity index (χ0v) is 16.3. The number of nitrogens with one attached hydrogen (secondary N) is 1. The molecule has 2 aromatic carbocycles. The van der Waals surface area contributed by atoms with Crippen molar-refractivity contribution in [3.63, 3.8) is 0 Å². The van der Waals surface area contributed by atoms with Gasteiger partial charge in [-0.15, -0.1) is 0 Å². The van der Waals surface area contributed by atoms with Crippen LogP contribution >= 0.6 is 0 Å². The maximum Gasteiger partial charge on any atom is 0.262 e. The highest BCUT2D eigenvalue weighted by Gasteiger charge is 2.13. The average molecular weight is 367 g/mol. The van der Waals surface area contributed by atoms with Gasteiger partial charge in [-0.25, -0.2) is 0 Å². The van der Waals surface area contributed by atoms with Crippen LogP contribution in [0.2, 0.25) is 0 Å². The molecule has 1 N–H and O–H groups in total. The average Bonchev–Trinajstić information content (AvgIpc) is 2.70. The van der Waals surface area contributed by atoms with Crippen LogP contribution in [-0.4, -0.2) is 55.5 Å². The largest absolute Gasteiger partial charge is 0.483 e. The number of para-hydroxylation sites is 1. The van der Waals surface area contributed by atoms with Crippen LogP contribution in [0.5, 0.6) is 5.75 Å². The molecule has 5 heteroatoms. The summed E-state index contributed by atoms with van der Waals surface area (Å²) in [5.74, 6) is 0.630. The van der Waals surface area contributed by atoms with E-state index in [1.54, 1.807) is 0 Å². The summed E-state index contributed by atoms with van der Waals surface area (Å²) >= 11 is 0. The molecular weight excluding hydrogens is 338 g/mol. The van der Waals surface area contributed by atoms with Gasteiger partial charge in [0.25, 0.3) is 5.91 Å². The van der Waals surface area contributed by atoms with Crippen molar-refractivity contribution in [2.24, 2.45) is 0 Å². The lowest BCUT2D eigenvalue weighted by Gasteiger charge is -2.32. The van der Waals surface area contributed by atoms with Crippen molar-refractivity contribution < 1.29 is 9.53 Å². The van der Waals surface area contributed by atoms with Crippen LogP contribution in [0.25, 0.3) is 0 Å². The Balaban J connectivity index is 1.47. The van der Waals surface area contributed by atoms with Gasteiger partial charge in [0.1, 0.15) is 5.75 Å². The summed E-state index contributed by atoms with van der Waals surface area (Å²) < 4.78 is 5.67. The fraction of sp³-hybridized carbons (Fsp3) is 0.409. The van der Waals surface area contributed by atoms with Gasteiger partial charge in [0, 0.05) is 38.4 Å². The predicted octanol–water partition coefficient (Wildman–Crippen LogP) is 3.01. The third-order valence-corrected chi connectivity index (χ3v) is 4.95. The summed E-state index contributed by atoms with van der Waals surface area (Å²) in [4.78, 5) is 17.0. The van der Waals surface area contributed by atoms with Crippen LogP contribution in [0.3, 0.4) is 0 Å². The number of hydrogen-bond donors (Lipinski definition) is 1. The smallest absolute Gasteiger partial charge is 0.262 e. The van der Waals surface area contributed by atoms with Crippen molar-refractivity contribution in [1.29, 1.82) is 0 Å². The van der Waals surface area contributed by atoms with Gasteiger partial charge in [-0.2, -0.15) is 0 Å². The monoisotopic (exact) mass is 367 g/mol. The number of carbonyl (C=O) groups is 1. The number of piperazine rings is 1. The van der Waals surface area contributed by atoms with Gasteiger partial charge in [0.2, 0.25) is 0 Å². The lowest BCUT2D eigenvalue weighted by molar-refractivity contribution is -0.118. The maximum atomic E-state index is 12.2. The molecule has 0 aromatic heterocycles. The van der Waals surface area contributed by atoms with Crippen molar-refractivity contribution in [1.82, 2.24) is 9.80 Å². The van der Waals surface area contributed by atoms with E-state index in [2.05, 4.69) is 41.2 Å². The Morgan fingerprint density at radius 2 is 1.74 bits per heavy atom. The molecule has 1 amide bonds. The first-order valence-corrected chi connectivity index (χ1v) is 9.64. The fourth-order valence-electron chi connectivity index (χ4n) is 3.23. The number of likely N-dealkylation sites (N-methyl/N-ethyl adjacent to an activating group) is 1. The van der Waals surface area contributed by atoms with Crippen molar-refractivity contribution in [2.75, 3.05) is 45.2 Å². The first-order chi connectivity index (χ1) is 13.1. The van der Waals surface area contributed by atoms with Crippen molar-refractivity contribution >= 4 is 11.6 Å². The molecule has 144 valence electrons. The number of ether oxygens (including phenoxy) is 1. The number of hydrogen-bond acceptors (Lipinski definition) is 4. The molecular formula is C22H29N3O2. The standard InChI is InChI=1S/C22H29N3O2/c1-3-19-6-4-5-7-21(19)27-17-22(26)23-20-10-8-18(9-11-20)16-25-14-12-24(2)13-15-25/h4-11H,3,12-17H2,1-2H3,(H,23,26). The van der Waals surface area contributed by atoms with Gasteiger partial charge < -0.3 is 15.0 Å². The van der Waals surface area contributed by atoms with Crippen LogP contribution < -0.4 is 10.1 Å². The first kappa shape index (κ1) is 19.4. The van der Waals surface area contributed by atoms with E-state index in [1.165, 1.54) is 5.56 Å². The third-order valence-electron chi connectivity index (χ3n) is 4.95. The molecule has 0 unspecified atom stereocenters. The summed E-state index contributed by atoms with van der Waals surface area (Å²) in [5, 5.41) is 2.90. The molecule has 5 nitrogen and oxygen atoms in total. The van der Waals surface area contributed by atoms with E-state index >= 15 is 0 Å². The van der Waals surface area contributed by atoms with Gasteiger partial charge in [-0.3, -0.25) is 9.69 Å². The van der Waals surface area contributed by atoms with Crippen LogP contribution in [0, 0.1) is 0 Å². The number of carbonyl (C=O) groups excluding carboxylic acids is 1. The summed E-state index contributed by atoms with van der Waals surface area (Å²) in [6.07, 6.45) is 0.882. The Morgan fingerprint density at radius 1 is 1.04 bits per heavy atom. The zero-order chi connectivity index (χ0) is 19.1. The van der Waals surface area contributed by atoms with Crippen molar-refractivity contribution in [3.8, 4) is 5.75 Å². The number of amides is 1. The van der Waals surface area contributed by atoms with Gasteiger partial charge in [0.05, 0.1) is 0 Å². The number of anilines is 1. The van der Waals surface area contributed by atoms with Gasteiger partial charge in [-0.05, 0) is 42.8 Å². The minimum absolute atomic E-state index is 0.0139. The first-order valence-electron chi connectivity index (χ1n) is 9.64. The SMILES string of the molecule is CCc1ccccc1OCC(=O)Nc1ccc(CN2CCN(C)CC2)cc1. The number of aryl methyl sites for hydroxylation is 1. The third kappa shape index (κ3) is 5.81. The number of rotatable bonds is 7. The molecule has 0 aliphatic carbocycles. The molecule has 1 aliphatic heterocycles. The Labute approximate surface area is 161 Å². The molecule has 0 radical (unpaired) electrons. The van der Waals surface area contributed by atoms with Gasteiger partial charge >= 0.3 is 0 Å². The summed E-state index contributed by atoms with van der Waals surface area (Å²) in [6.45, 7) is 7.49. The van der Waals surface area contributed by atoms with E-state index in [-0.39, 0.29) is 12.5 Å². The topological polar surface area (TPSA) is 44.8 Å². The maximum absolute atomic E-state index is 12.2. The molecule has 0 spiro atoms. The fourth-order valence-corrected chi connectivity index (χ4v) is 3.23. The summed E-state index contributed by atoms with van der Waals surface area (Å²) in [5.41, 5.74) is 3.18. The molecule has 3 rings (SSSR count). The van der Waals surface area contributed by atoms with Crippen LogP contribution in [0.15, 0.2) is 48.5 Å². The molecule has 1 aliphatic rings. The van der Waals surface area contributed by atoms with Crippen molar-refractivity contribution in [2.45, 2.75) is 19.9 Å². The highest BCUT2D eigenvalue weighted by Crippen LogP contribution is 2.18. The minimum Gasteiger partial charge on any atom is -0.483 e. The Kier molecular flexibility index (Phi) is 6.85. The van der Waals surface area contributed by atoms with E-state index in [0.717, 1.165) is 56.1 Å². The second kappa shape index (κ2) is 9.53. The molecule has 0 bridgehead atoms. The van der Waals surface area contributed by atoms with Gasteiger partial charge in [-0.1, -0.05) is 37.3 Å². The van der Waals surface area contributed by atoms with E-state index in [1.807, 2.05) is 36.4 Å². The molecule has 0 atom stereocenters. The van der Waals surface area contributed by atoms with Crippen LogP contribution in [0.1, 0.15) is 18.1 Å². The van der Waals surface area contributed by atoms with E-state index in [9.17, 15) is 4.79 Å². The lowest BCUT2D eigenvalue weighted by Crippen LogP contribution is -2.43. The normalized spacial score (nSPS) is 15.5. The Bertz CT molecular complexity index is 737. The summed E-state index contributed by atoms with van der Waals surface area (Å²) in [6, 6.07) is 15.9. The van der Waals surface area contributed by atoms with E-state index in [4.69, 9.17) is 4.74 Å². The molecule has 27 heavy (non-hydrogen) atoms. The van der Waals surface area contributed by atoms with Crippen LogP contribution in [0.4, 0.5) is 5.69 Å². The molecule has 1 saturated heterocycles. The second-order valence-corrected chi connectivity index (χ2v) is 7.07. The molecule has 1 heterocycles. The zero-order valence-electron chi connectivity index (χ0n) is 16.3. The van der Waals surface area contributed by atoms with Gasteiger partial charge in [0.15, 0.2) is 6.61 Å². The van der Waals surface area contributed by atoms with Crippen molar-refractivity contribution in [3.05, 3.63) is 59.7 Å². The Morgan fingerprint density at radius 3 is 2.44 bits per heavy atom. The highest BCUT2D eigenvalue weighted by atomic mass is 16.5. The van der Waals surface area contributed by atoms with E-state index < -0.39 is 0 Å². The molecule has 1 fully saturated rings. The summed E-state index contributed by atoms with van der Waals surface area (Å²) in [7, 11) is 2.17. The second-order valence-electron chi connectivity index (χ2n) is 7.07. The van der Waals surface area contributed by atoms with Crippen LogP contribution in [-0.2, 0) is 17.8 Å². The Hall–Kier alpha value is -2.37. The number of nitrogens with zero attached hydrogens (tertiary/aromatic N) is 2. The number of benzene rings is 2. The minimum atomic E-state index is -0.146. The molecule has 2 aromatic rings. The quantitative estimate of drug-likeness (QED) is 0.817. The predicted molar refractivity (Wildman–Crippen MR) is 109 cm³/mol. The lowest BCUT2D eigenvalue weighted by atomic mass is 10.1. The highest BCUT2D eigenvalue weighted by molar-refractivity contribution is 5.91. The van der Waals surface area contributed by atoms with E-state index in [0.29, 0.717) is 0 Å².